The number of pyridine rings is 1. The Bertz CT molecular complexity index is 559. The quantitative estimate of drug-likeness (QED) is 0.841. The Morgan fingerprint density at radius 3 is 2.22 bits per heavy atom. The molecule has 2 aromatic rings. The van der Waals surface area contributed by atoms with Crippen molar-refractivity contribution >= 4 is 5.82 Å². The van der Waals surface area contributed by atoms with Gasteiger partial charge in [-0.3, -0.25) is 0 Å². The van der Waals surface area contributed by atoms with E-state index >= 15 is 0 Å². The summed E-state index contributed by atoms with van der Waals surface area (Å²) in [5.41, 5.74) is 6.46. The fourth-order valence-electron chi connectivity index (χ4n) is 1.61. The monoisotopic (exact) mass is 252 g/mol. The molecule has 2 nitrogen and oxygen atoms in total. The Labute approximate surface area is 102 Å². The molecular formula is C13H11F3N2. The minimum Gasteiger partial charge on any atom is -0.383 e. The molecule has 0 bridgehead atoms. The Hall–Kier alpha value is -2.04. The molecule has 18 heavy (non-hydrogen) atoms. The lowest BCUT2D eigenvalue weighted by Gasteiger charge is -2.11. The molecule has 0 aliphatic heterocycles. The molecule has 2 N–H and O–H groups in total. The first-order valence-corrected chi connectivity index (χ1v) is 5.27. The van der Waals surface area contributed by atoms with Crippen LogP contribution in [0.15, 0.2) is 36.5 Å². The molecule has 0 spiro atoms. The smallest absolute Gasteiger partial charge is 0.383 e. The molecule has 0 saturated carbocycles. The van der Waals surface area contributed by atoms with Gasteiger partial charge in [0, 0.05) is 11.8 Å². The van der Waals surface area contributed by atoms with E-state index < -0.39 is 17.6 Å². The number of alkyl halides is 3. The van der Waals surface area contributed by atoms with Crippen LogP contribution in [0, 0.1) is 6.92 Å². The number of anilines is 1. The number of halogens is 3. The van der Waals surface area contributed by atoms with Gasteiger partial charge in [-0.25, -0.2) is 4.98 Å². The lowest BCUT2D eigenvalue weighted by atomic mass is 10.0. The first kappa shape index (κ1) is 12.4. The summed E-state index contributed by atoms with van der Waals surface area (Å²) in [6.45, 7) is 1.91. The molecule has 0 atom stereocenters. The number of nitrogens with two attached hydrogens (primary N) is 1. The van der Waals surface area contributed by atoms with Crippen molar-refractivity contribution < 1.29 is 13.2 Å². The van der Waals surface area contributed by atoms with Crippen molar-refractivity contribution in [2.45, 2.75) is 13.1 Å². The minimum atomic E-state index is -4.49. The minimum absolute atomic E-state index is 0.400. The van der Waals surface area contributed by atoms with Gasteiger partial charge in [0.15, 0.2) is 0 Å². The molecule has 2 rings (SSSR count). The second-order valence-electron chi connectivity index (χ2n) is 4.02. The van der Waals surface area contributed by atoms with E-state index in [2.05, 4.69) is 4.98 Å². The Morgan fingerprint density at radius 2 is 1.67 bits per heavy atom. The number of hydrogen-bond donors (Lipinski definition) is 1. The molecule has 0 fully saturated rings. The van der Waals surface area contributed by atoms with Gasteiger partial charge in [-0.05, 0) is 18.6 Å². The van der Waals surface area contributed by atoms with Crippen LogP contribution in [-0.2, 0) is 6.18 Å². The molecule has 94 valence electrons. The van der Waals surface area contributed by atoms with Gasteiger partial charge in [0.1, 0.15) is 5.82 Å². The number of rotatable bonds is 1. The second-order valence-corrected chi connectivity index (χ2v) is 4.02. The van der Waals surface area contributed by atoms with Crippen LogP contribution in [0.25, 0.3) is 11.1 Å². The van der Waals surface area contributed by atoms with E-state index in [1.54, 1.807) is 12.1 Å². The average molecular weight is 252 g/mol. The van der Waals surface area contributed by atoms with Crippen LogP contribution in [0.1, 0.15) is 11.1 Å². The van der Waals surface area contributed by atoms with E-state index in [-0.39, 0.29) is 0 Å². The van der Waals surface area contributed by atoms with Crippen LogP contribution in [0.3, 0.4) is 0 Å². The van der Waals surface area contributed by atoms with E-state index in [0.29, 0.717) is 11.1 Å². The predicted molar refractivity (Wildman–Crippen MR) is 63.8 cm³/mol. The van der Waals surface area contributed by atoms with Gasteiger partial charge in [0.25, 0.3) is 0 Å². The topological polar surface area (TPSA) is 38.9 Å². The molecular weight excluding hydrogens is 241 g/mol. The summed E-state index contributed by atoms with van der Waals surface area (Å²) in [5, 5.41) is 0. The van der Waals surface area contributed by atoms with E-state index in [1.807, 2.05) is 19.1 Å². The summed E-state index contributed by atoms with van der Waals surface area (Å²) >= 11 is 0. The zero-order valence-electron chi connectivity index (χ0n) is 9.62. The molecule has 1 aromatic heterocycles. The van der Waals surface area contributed by atoms with Crippen molar-refractivity contribution in [3.05, 3.63) is 47.7 Å². The third kappa shape index (κ3) is 2.45. The van der Waals surface area contributed by atoms with Gasteiger partial charge >= 0.3 is 6.18 Å². The molecule has 0 radical (unpaired) electrons. The molecule has 0 amide bonds. The maximum absolute atomic E-state index is 12.7. The van der Waals surface area contributed by atoms with Crippen LogP contribution >= 0.6 is 0 Å². The van der Waals surface area contributed by atoms with E-state index in [0.717, 1.165) is 11.6 Å². The molecule has 1 aromatic carbocycles. The number of nitrogen functional groups attached to an aromatic ring is 1. The van der Waals surface area contributed by atoms with Crippen LogP contribution in [0.2, 0.25) is 0 Å². The third-order valence-corrected chi connectivity index (χ3v) is 2.61. The largest absolute Gasteiger partial charge is 0.419 e. The summed E-state index contributed by atoms with van der Waals surface area (Å²) in [6.07, 6.45) is -3.15. The Morgan fingerprint density at radius 1 is 1.06 bits per heavy atom. The van der Waals surface area contributed by atoms with Gasteiger partial charge in [-0.15, -0.1) is 0 Å². The van der Waals surface area contributed by atoms with Gasteiger partial charge in [0.2, 0.25) is 0 Å². The van der Waals surface area contributed by atoms with Crippen LogP contribution < -0.4 is 5.73 Å². The van der Waals surface area contributed by atoms with Crippen molar-refractivity contribution in [3.8, 4) is 11.1 Å². The zero-order valence-corrected chi connectivity index (χ0v) is 9.62. The summed E-state index contributed by atoms with van der Waals surface area (Å²) in [4.78, 5) is 3.60. The van der Waals surface area contributed by atoms with Crippen molar-refractivity contribution in [1.29, 1.82) is 0 Å². The van der Waals surface area contributed by atoms with E-state index in [4.69, 9.17) is 5.73 Å². The highest BCUT2D eigenvalue weighted by molar-refractivity contribution is 5.65. The molecule has 0 aliphatic carbocycles. The number of hydrogen-bond acceptors (Lipinski definition) is 2. The highest BCUT2D eigenvalue weighted by atomic mass is 19.4. The molecule has 0 aliphatic rings. The lowest BCUT2D eigenvalue weighted by Crippen LogP contribution is -2.10. The zero-order chi connectivity index (χ0) is 13.3. The second kappa shape index (κ2) is 4.33. The van der Waals surface area contributed by atoms with Crippen LogP contribution in [0.4, 0.5) is 19.0 Å². The maximum Gasteiger partial charge on any atom is 0.419 e. The van der Waals surface area contributed by atoms with Gasteiger partial charge in [-0.1, -0.05) is 29.8 Å². The molecule has 1 heterocycles. The predicted octanol–water partition coefficient (Wildman–Crippen LogP) is 3.66. The summed E-state index contributed by atoms with van der Waals surface area (Å²) in [6, 6.07) is 8.19. The SMILES string of the molecule is Cc1ccc(-c2cnc(N)c(C(F)(F)F)c2)cc1. The summed E-state index contributed by atoms with van der Waals surface area (Å²) in [5.74, 6) is -0.502. The van der Waals surface area contributed by atoms with Crippen LogP contribution in [0.5, 0.6) is 0 Å². The maximum atomic E-state index is 12.7. The normalized spacial score (nSPS) is 11.6. The highest BCUT2D eigenvalue weighted by Crippen LogP contribution is 2.34. The average Bonchev–Trinajstić information content (AvgIpc) is 2.29. The van der Waals surface area contributed by atoms with Crippen LogP contribution in [-0.4, -0.2) is 4.98 Å². The number of aryl methyl sites for hydroxylation is 1. The first-order chi connectivity index (χ1) is 8.38. The highest BCUT2D eigenvalue weighted by Gasteiger charge is 2.34. The van der Waals surface area contributed by atoms with Crippen molar-refractivity contribution in [2.75, 3.05) is 5.73 Å². The van der Waals surface area contributed by atoms with Gasteiger partial charge in [0.05, 0.1) is 5.56 Å². The fraction of sp³-hybridized carbons (Fsp3) is 0.154. The fourth-order valence-corrected chi connectivity index (χ4v) is 1.61. The van der Waals surface area contributed by atoms with Crippen molar-refractivity contribution in [2.24, 2.45) is 0 Å². The molecule has 0 saturated heterocycles. The Balaban J connectivity index is 2.50. The van der Waals surface area contributed by atoms with E-state index in [9.17, 15) is 13.2 Å². The molecule has 5 heteroatoms. The summed E-state index contributed by atoms with van der Waals surface area (Å²) in [7, 11) is 0. The third-order valence-electron chi connectivity index (χ3n) is 2.61. The summed E-state index contributed by atoms with van der Waals surface area (Å²) < 4.78 is 38.1. The van der Waals surface area contributed by atoms with Gasteiger partial charge < -0.3 is 5.73 Å². The number of nitrogens with zero attached hydrogens (tertiary/aromatic N) is 1. The van der Waals surface area contributed by atoms with E-state index in [1.165, 1.54) is 6.20 Å². The van der Waals surface area contributed by atoms with Gasteiger partial charge in [-0.2, -0.15) is 13.2 Å². The molecule has 0 unspecified atom stereocenters. The first-order valence-electron chi connectivity index (χ1n) is 5.27. The van der Waals surface area contributed by atoms with Crippen molar-refractivity contribution in [1.82, 2.24) is 4.98 Å². The number of aromatic nitrogens is 1. The lowest BCUT2D eigenvalue weighted by molar-refractivity contribution is -0.137. The number of benzene rings is 1. The standard InChI is InChI=1S/C13H11F3N2/c1-8-2-4-9(5-3-8)10-6-11(13(14,15)16)12(17)18-7-10/h2-7H,1H3,(H2,17,18). The van der Waals surface area contributed by atoms with Crippen molar-refractivity contribution in [3.63, 3.8) is 0 Å². The Kier molecular flexibility index (Phi) is 2.98.